The van der Waals surface area contributed by atoms with E-state index in [4.69, 9.17) is 15.2 Å². The van der Waals surface area contributed by atoms with E-state index in [1.54, 1.807) is 0 Å². The third-order valence-corrected chi connectivity index (χ3v) is 3.49. The van der Waals surface area contributed by atoms with Gasteiger partial charge in [-0.15, -0.1) is 0 Å². The number of aryl methyl sites for hydroxylation is 1. The van der Waals surface area contributed by atoms with Crippen molar-refractivity contribution in [3.05, 3.63) is 22.8 Å². The molecule has 3 heteroatoms. The van der Waals surface area contributed by atoms with Gasteiger partial charge in [0.25, 0.3) is 0 Å². The lowest BCUT2D eigenvalue weighted by molar-refractivity contribution is 0.169. The summed E-state index contributed by atoms with van der Waals surface area (Å²) in [6.07, 6.45) is 0.972. The van der Waals surface area contributed by atoms with Crippen LogP contribution in [0.25, 0.3) is 0 Å². The van der Waals surface area contributed by atoms with Crippen molar-refractivity contribution < 1.29 is 9.47 Å². The van der Waals surface area contributed by atoms with Crippen LogP contribution in [0.3, 0.4) is 0 Å². The Morgan fingerprint density at radius 2 is 2.00 bits per heavy atom. The molecule has 2 N–H and O–H groups in total. The monoisotopic (exact) mass is 235 g/mol. The standard InChI is InChI=1S/C14H21NO2/c1-9(4-5-15)13-11(3)10(2)8-12-14(13)17-7-6-16-12/h8-9H,4-7,15H2,1-3H3. The summed E-state index contributed by atoms with van der Waals surface area (Å²) in [6.45, 7) is 8.44. The molecule has 1 aliphatic heterocycles. The predicted octanol–water partition coefficient (Wildman–Crippen LogP) is 2.53. The maximum Gasteiger partial charge on any atom is 0.165 e. The van der Waals surface area contributed by atoms with Crippen LogP contribution in [0.4, 0.5) is 0 Å². The van der Waals surface area contributed by atoms with Gasteiger partial charge in [0.2, 0.25) is 0 Å². The molecule has 0 saturated heterocycles. The number of hydrogen-bond acceptors (Lipinski definition) is 3. The molecule has 94 valence electrons. The van der Waals surface area contributed by atoms with Crippen molar-refractivity contribution in [1.29, 1.82) is 0 Å². The smallest absolute Gasteiger partial charge is 0.165 e. The van der Waals surface area contributed by atoms with Crippen molar-refractivity contribution in [2.24, 2.45) is 5.73 Å². The molecule has 0 aliphatic carbocycles. The topological polar surface area (TPSA) is 44.5 Å². The Balaban J connectivity index is 2.50. The van der Waals surface area contributed by atoms with Crippen LogP contribution in [0, 0.1) is 13.8 Å². The fourth-order valence-electron chi connectivity index (χ4n) is 2.43. The molecule has 0 saturated carbocycles. The van der Waals surface area contributed by atoms with Gasteiger partial charge in [-0.1, -0.05) is 6.92 Å². The van der Waals surface area contributed by atoms with Crippen LogP contribution >= 0.6 is 0 Å². The average molecular weight is 235 g/mol. The molecule has 0 radical (unpaired) electrons. The first-order chi connectivity index (χ1) is 8.15. The van der Waals surface area contributed by atoms with Crippen LogP contribution in [0.15, 0.2) is 6.07 Å². The van der Waals surface area contributed by atoms with E-state index in [9.17, 15) is 0 Å². The van der Waals surface area contributed by atoms with Crippen molar-refractivity contribution in [2.45, 2.75) is 33.1 Å². The first-order valence-electron chi connectivity index (χ1n) is 6.25. The summed E-state index contributed by atoms with van der Waals surface area (Å²) in [7, 11) is 0. The largest absolute Gasteiger partial charge is 0.486 e. The normalized spacial score (nSPS) is 15.8. The zero-order valence-electron chi connectivity index (χ0n) is 10.9. The van der Waals surface area contributed by atoms with Gasteiger partial charge in [-0.2, -0.15) is 0 Å². The summed E-state index contributed by atoms with van der Waals surface area (Å²) in [6, 6.07) is 2.07. The molecule has 1 aromatic rings. The lowest BCUT2D eigenvalue weighted by Gasteiger charge is -2.26. The van der Waals surface area contributed by atoms with Gasteiger partial charge in [-0.3, -0.25) is 0 Å². The number of ether oxygens (including phenoxy) is 2. The first kappa shape index (κ1) is 12.2. The fraction of sp³-hybridized carbons (Fsp3) is 0.571. The summed E-state index contributed by atoms with van der Waals surface area (Å²) in [5.74, 6) is 2.23. The first-order valence-corrected chi connectivity index (χ1v) is 6.25. The number of fused-ring (bicyclic) bond motifs is 1. The van der Waals surface area contributed by atoms with Gasteiger partial charge in [0.1, 0.15) is 13.2 Å². The minimum atomic E-state index is 0.412. The van der Waals surface area contributed by atoms with E-state index in [-0.39, 0.29) is 0 Å². The Morgan fingerprint density at radius 1 is 1.29 bits per heavy atom. The van der Waals surface area contributed by atoms with E-state index in [0.717, 1.165) is 17.9 Å². The molecule has 0 fully saturated rings. The molecule has 3 nitrogen and oxygen atoms in total. The van der Waals surface area contributed by atoms with E-state index < -0.39 is 0 Å². The second-order valence-corrected chi connectivity index (χ2v) is 4.73. The zero-order chi connectivity index (χ0) is 12.4. The van der Waals surface area contributed by atoms with Crippen LogP contribution in [-0.2, 0) is 0 Å². The lowest BCUT2D eigenvalue weighted by atomic mass is 9.89. The van der Waals surface area contributed by atoms with Crippen molar-refractivity contribution in [3.63, 3.8) is 0 Å². The summed E-state index contributed by atoms with van der Waals surface area (Å²) in [5, 5.41) is 0. The summed E-state index contributed by atoms with van der Waals surface area (Å²) < 4.78 is 11.5. The van der Waals surface area contributed by atoms with Crippen LogP contribution < -0.4 is 15.2 Å². The van der Waals surface area contributed by atoms with E-state index in [1.807, 2.05) is 0 Å². The van der Waals surface area contributed by atoms with Crippen LogP contribution in [0.1, 0.15) is 36.0 Å². The Labute approximate surface area is 103 Å². The molecule has 17 heavy (non-hydrogen) atoms. The summed E-state index contributed by atoms with van der Waals surface area (Å²) >= 11 is 0. The van der Waals surface area contributed by atoms with Gasteiger partial charge < -0.3 is 15.2 Å². The molecular weight excluding hydrogens is 214 g/mol. The van der Waals surface area contributed by atoms with Crippen LogP contribution in [0.2, 0.25) is 0 Å². The predicted molar refractivity (Wildman–Crippen MR) is 69.0 cm³/mol. The van der Waals surface area contributed by atoms with E-state index in [2.05, 4.69) is 26.8 Å². The highest BCUT2D eigenvalue weighted by atomic mass is 16.6. The molecule has 1 unspecified atom stereocenters. The lowest BCUT2D eigenvalue weighted by Crippen LogP contribution is -2.18. The van der Waals surface area contributed by atoms with Gasteiger partial charge in [-0.05, 0) is 49.9 Å². The molecule has 0 amide bonds. The maximum absolute atomic E-state index is 5.79. The molecule has 0 spiro atoms. The third kappa shape index (κ3) is 2.25. The molecule has 0 bridgehead atoms. The number of hydrogen-bond donors (Lipinski definition) is 1. The molecule has 1 aliphatic rings. The molecule has 1 atom stereocenters. The van der Waals surface area contributed by atoms with Gasteiger partial charge in [0.05, 0.1) is 0 Å². The highest BCUT2D eigenvalue weighted by molar-refractivity contribution is 5.55. The van der Waals surface area contributed by atoms with E-state index in [0.29, 0.717) is 25.7 Å². The second kappa shape index (κ2) is 4.96. The van der Waals surface area contributed by atoms with Gasteiger partial charge in [0.15, 0.2) is 11.5 Å². The highest BCUT2D eigenvalue weighted by Crippen LogP contribution is 2.42. The zero-order valence-corrected chi connectivity index (χ0v) is 10.9. The minimum Gasteiger partial charge on any atom is -0.486 e. The summed E-state index contributed by atoms with van der Waals surface area (Å²) in [5.41, 5.74) is 9.49. The molecule has 1 heterocycles. The average Bonchev–Trinajstić information content (AvgIpc) is 2.31. The third-order valence-electron chi connectivity index (χ3n) is 3.49. The molecule has 0 aromatic heterocycles. The van der Waals surface area contributed by atoms with Crippen molar-refractivity contribution in [3.8, 4) is 11.5 Å². The number of nitrogens with two attached hydrogens (primary N) is 1. The summed E-state index contributed by atoms with van der Waals surface area (Å²) in [4.78, 5) is 0. The Morgan fingerprint density at radius 3 is 2.71 bits per heavy atom. The highest BCUT2D eigenvalue weighted by Gasteiger charge is 2.22. The van der Waals surface area contributed by atoms with E-state index in [1.165, 1.54) is 16.7 Å². The van der Waals surface area contributed by atoms with Crippen LogP contribution in [-0.4, -0.2) is 19.8 Å². The fourth-order valence-corrected chi connectivity index (χ4v) is 2.43. The molecule has 1 aromatic carbocycles. The SMILES string of the molecule is Cc1cc2c(c(C(C)CCN)c1C)OCCO2. The molecular formula is C14H21NO2. The van der Waals surface area contributed by atoms with E-state index >= 15 is 0 Å². The number of benzene rings is 1. The van der Waals surface area contributed by atoms with Gasteiger partial charge >= 0.3 is 0 Å². The van der Waals surface area contributed by atoms with Crippen molar-refractivity contribution in [2.75, 3.05) is 19.8 Å². The number of rotatable bonds is 3. The van der Waals surface area contributed by atoms with Crippen molar-refractivity contribution >= 4 is 0 Å². The Hall–Kier alpha value is -1.22. The minimum absolute atomic E-state index is 0.412. The molecule has 2 rings (SSSR count). The maximum atomic E-state index is 5.79. The second-order valence-electron chi connectivity index (χ2n) is 4.73. The van der Waals surface area contributed by atoms with Crippen molar-refractivity contribution in [1.82, 2.24) is 0 Å². The van der Waals surface area contributed by atoms with Crippen LogP contribution in [0.5, 0.6) is 11.5 Å². The van der Waals surface area contributed by atoms with Gasteiger partial charge in [0, 0.05) is 5.56 Å². The quantitative estimate of drug-likeness (QED) is 0.875. The Bertz CT molecular complexity index is 415. The Kier molecular flexibility index (Phi) is 3.57. The van der Waals surface area contributed by atoms with Gasteiger partial charge in [-0.25, -0.2) is 0 Å².